The highest BCUT2D eigenvalue weighted by Gasteiger charge is 2.33. The molecule has 0 heterocycles. The second-order valence-corrected chi connectivity index (χ2v) is 9.01. The number of hydrogen-bond donors (Lipinski definition) is 0. The number of ether oxygens (including phenoxy) is 1. The van der Waals surface area contributed by atoms with Crippen LogP contribution >= 0.6 is 0 Å². The Labute approximate surface area is 172 Å². The molecule has 2 fully saturated rings. The molecule has 0 atom stereocenters. The Balaban J connectivity index is 1.42. The molecule has 0 bridgehead atoms. The molecule has 0 aromatic heterocycles. The van der Waals surface area contributed by atoms with E-state index in [0.717, 1.165) is 49.7 Å². The maximum atomic E-state index is 13.3. The first-order chi connectivity index (χ1) is 14.0. The lowest BCUT2D eigenvalue weighted by Crippen LogP contribution is -2.30. The first-order valence-electron chi connectivity index (χ1n) is 11.3. The smallest absolute Gasteiger partial charge is 0.314 e. The van der Waals surface area contributed by atoms with Gasteiger partial charge in [0.05, 0.1) is 5.92 Å². The third-order valence-electron chi connectivity index (χ3n) is 7.05. The molecule has 0 N–H and O–H groups in total. The van der Waals surface area contributed by atoms with E-state index in [1.807, 2.05) is 0 Å². The lowest BCUT2D eigenvalue weighted by molar-refractivity contribution is -0.140. The lowest BCUT2D eigenvalue weighted by Gasteiger charge is -2.37. The van der Waals surface area contributed by atoms with Gasteiger partial charge < -0.3 is 4.74 Å². The van der Waals surface area contributed by atoms with Gasteiger partial charge in [-0.2, -0.15) is 0 Å². The van der Waals surface area contributed by atoms with Crippen molar-refractivity contribution in [1.82, 2.24) is 0 Å². The van der Waals surface area contributed by atoms with E-state index in [4.69, 9.17) is 4.74 Å². The molecule has 1 aromatic carbocycles. The van der Waals surface area contributed by atoms with Crippen LogP contribution in [0.3, 0.4) is 0 Å². The van der Waals surface area contributed by atoms with Crippen LogP contribution in [0, 0.1) is 41.1 Å². The SMILES string of the molecule is CCCCCC1CCC(C2CCC(C(=O)Oc3cc(F)c(F)c(F)c3)CC2)CC1. The molecule has 162 valence electrons. The van der Waals surface area contributed by atoms with Crippen molar-refractivity contribution in [1.29, 1.82) is 0 Å². The lowest BCUT2D eigenvalue weighted by atomic mass is 9.68. The molecule has 0 radical (unpaired) electrons. The fourth-order valence-corrected chi connectivity index (χ4v) is 5.25. The Hall–Kier alpha value is -1.52. The highest BCUT2D eigenvalue weighted by molar-refractivity contribution is 5.75. The van der Waals surface area contributed by atoms with Gasteiger partial charge in [0, 0.05) is 12.1 Å². The van der Waals surface area contributed by atoms with Crippen LogP contribution in [0.4, 0.5) is 13.2 Å². The molecule has 0 aliphatic heterocycles. The van der Waals surface area contributed by atoms with E-state index in [2.05, 4.69) is 6.92 Å². The summed E-state index contributed by atoms with van der Waals surface area (Å²) < 4.78 is 44.8. The summed E-state index contributed by atoms with van der Waals surface area (Å²) in [4.78, 5) is 12.4. The van der Waals surface area contributed by atoms with E-state index in [1.165, 1.54) is 51.4 Å². The fourth-order valence-electron chi connectivity index (χ4n) is 5.25. The molecule has 0 spiro atoms. The van der Waals surface area contributed by atoms with Gasteiger partial charge in [0.2, 0.25) is 0 Å². The van der Waals surface area contributed by atoms with Crippen LogP contribution < -0.4 is 4.74 Å². The average Bonchev–Trinajstić information content (AvgIpc) is 2.73. The summed E-state index contributed by atoms with van der Waals surface area (Å²) in [6, 6.07) is 1.45. The third-order valence-corrected chi connectivity index (χ3v) is 7.05. The van der Waals surface area contributed by atoms with E-state index >= 15 is 0 Å². The van der Waals surface area contributed by atoms with Crippen LogP contribution in [0.2, 0.25) is 0 Å². The van der Waals surface area contributed by atoms with Crippen molar-refractivity contribution in [3.63, 3.8) is 0 Å². The highest BCUT2D eigenvalue weighted by atomic mass is 19.2. The summed E-state index contributed by atoms with van der Waals surface area (Å²) in [5, 5.41) is 0. The van der Waals surface area contributed by atoms with Gasteiger partial charge >= 0.3 is 5.97 Å². The Morgan fingerprint density at radius 2 is 1.45 bits per heavy atom. The van der Waals surface area contributed by atoms with Gasteiger partial charge in [-0.15, -0.1) is 0 Å². The van der Waals surface area contributed by atoms with Gasteiger partial charge in [0.25, 0.3) is 0 Å². The highest BCUT2D eigenvalue weighted by Crippen LogP contribution is 2.42. The van der Waals surface area contributed by atoms with Gasteiger partial charge in [-0.1, -0.05) is 45.4 Å². The summed E-state index contributed by atoms with van der Waals surface area (Å²) in [5.41, 5.74) is 0. The van der Waals surface area contributed by atoms with Crippen LogP contribution in [-0.2, 0) is 4.79 Å². The molecule has 2 saturated carbocycles. The number of rotatable bonds is 7. The molecule has 2 nitrogen and oxygen atoms in total. The second kappa shape index (κ2) is 10.5. The Bertz CT molecular complexity index is 652. The van der Waals surface area contributed by atoms with E-state index in [0.29, 0.717) is 5.92 Å². The Morgan fingerprint density at radius 3 is 2.00 bits per heavy atom. The minimum Gasteiger partial charge on any atom is -0.426 e. The van der Waals surface area contributed by atoms with Gasteiger partial charge in [-0.05, 0) is 56.3 Å². The molecule has 2 aliphatic rings. The monoisotopic (exact) mass is 410 g/mol. The number of carbonyl (C=O) groups is 1. The van der Waals surface area contributed by atoms with Gasteiger partial charge in [0.1, 0.15) is 5.75 Å². The molecule has 3 rings (SSSR count). The predicted molar refractivity (Wildman–Crippen MR) is 107 cm³/mol. The number of carbonyl (C=O) groups excluding carboxylic acids is 1. The van der Waals surface area contributed by atoms with Gasteiger partial charge in [0.15, 0.2) is 17.5 Å². The minimum absolute atomic E-state index is 0.243. The zero-order valence-electron chi connectivity index (χ0n) is 17.4. The molecule has 29 heavy (non-hydrogen) atoms. The molecule has 5 heteroatoms. The average molecular weight is 411 g/mol. The zero-order chi connectivity index (χ0) is 20.8. The summed E-state index contributed by atoms with van der Waals surface area (Å²) in [6.45, 7) is 2.25. The van der Waals surface area contributed by atoms with Crippen molar-refractivity contribution in [2.75, 3.05) is 0 Å². The molecule has 0 amide bonds. The summed E-state index contributed by atoms with van der Waals surface area (Å²) in [7, 11) is 0. The quantitative estimate of drug-likeness (QED) is 0.206. The summed E-state index contributed by atoms with van der Waals surface area (Å²) in [6.07, 6.45) is 14.2. The number of esters is 1. The number of unbranched alkanes of at least 4 members (excludes halogenated alkanes) is 2. The molecular weight excluding hydrogens is 377 g/mol. The van der Waals surface area contributed by atoms with Crippen molar-refractivity contribution in [2.24, 2.45) is 23.7 Å². The van der Waals surface area contributed by atoms with Crippen LogP contribution in [-0.4, -0.2) is 5.97 Å². The topological polar surface area (TPSA) is 26.3 Å². The van der Waals surface area contributed by atoms with Crippen molar-refractivity contribution in [2.45, 2.75) is 84.0 Å². The Morgan fingerprint density at radius 1 is 0.897 bits per heavy atom. The fraction of sp³-hybridized carbons (Fsp3) is 0.708. The van der Waals surface area contributed by atoms with Crippen molar-refractivity contribution in [3.05, 3.63) is 29.6 Å². The standard InChI is InChI=1S/C24H33F3O2/c1-2-3-4-5-16-6-8-17(9-7-16)18-10-12-19(13-11-18)24(28)29-20-14-21(25)23(27)22(26)15-20/h14-19H,2-13H2,1H3. The maximum absolute atomic E-state index is 13.3. The zero-order valence-corrected chi connectivity index (χ0v) is 17.4. The molecule has 0 saturated heterocycles. The van der Waals surface area contributed by atoms with Crippen LogP contribution in [0.1, 0.15) is 84.0 Å². The van der Waals surface area contributed by atoms with Crippen LogP contribution in [0.25, 0.3) is 0 Å². The maximum Gasteiger partial charge on any atom is 0.314 e. The van der Waals surface area contributed by atoms with Crippen molar-refractivity contribution >= 4 is 5.97 Å². The largest absolute Gasteiger partial charge is 0.426 e. The molecule has 0 unspecified atom stereocenters. The molecule has 2 aliphatic carbocycles. The third kappa shape index (κ3) is 5.99. The number of halogens is 3. The molecule has 1 aromatic rings. The van der Waals surface area contributed by atoms with E-state index in [9.17, 15) is 18.0 Å². The van der Waals surface area contributed by atoms with Crippen molar-refractivity contribution in [3.8, 4) is 5.75 Å². The van der Waals surface area contributed by atoms with Gasteiger partial charge in [-0.25, -0.2) is 13.2 Å². The summed E-state index contributed by atoms with van der Waals surface area (Å²) >= 11 is 0. The summed E-state index contributed by atoms with van der Waals surface area (Å²) in [5.74, 6) is -2.86. The Kier molecular flexibility index (Phi) is 8.02. The van der Waals surface area contributed by atoms with Crippen LogP contribution in [0.5, 0.6) is 5.75 Å². The van der Waals surface area contributed by atoms with Gasteiger partial charge in [-0.3, -0.25) is 4.79 Å². The number of benzene rings is 1. The first kappa shape index (κ1) is 22.2. The van der Waals surface area contributed by atoms with E-state index in [-0.39, 0.29) is 11.7 Å². The predicted octanol–water partition coefficient (Wildman–Crippen LogP) is 7.20. The minimum atomic E-state index is -1.55. The van der Waals surface area contributed by atoms with E-state index < -0.39 is 23.4 Å². The normalized spacial score (nSPS) is 27.6. The van der Waals surface area contributed by atoms with Crippen molar-refractivity contribution < 1.29 is 22.7 Å². The second-order valence-electron chi connectivity index (χ2n) is 9.01. The van der Waals surface area contributed by atoms with Crippen LogP contribution in [0.15, 0.2) is 12.1 Å². The molecular formula is C24H33F3O2. The first-order valence-corrected chi connectivity index (χ1v) is 11.3. The number of hydrogen-bond acceptors (Lipinski definition) is 2. The van der Waals surface area contributed by atoms with E-state index in [1.54, 1.807) is 0 Å².